The Morgan fingerprint density at radius 2 is 0.550 bits per heavy atom. The number of hydrogen-bond donors (Lipinski definition) is 0. The third-order valence-electron chi connectivity index (χ3n) is 3.85. The van der Waals surface area contributed by atoms with E-state index in [0.29, 0.717) is 0 Å². The number of rotatable bonds is 0. The molecule has 0 amide bonds. The van der Waals surface area contributed by atoms with E-state index in [1.54, 1.807) is 0 Å². The van der Waals surface area contributed by atoms with E-state index < -0.39 is 0 Å². The minimum absolute atomic E-state index is 0.0746. The van der Waals surface area contributed by atoms with Gasteiger partial charge in [-0.05, 0) is 22.3 Å². The van der Waals surface area contributed by atoms with Gasteiger partial charge < -0.3 is 0 Å². The predicted octanol–water partition coefficient (Wildman–Crippen LogP) is 4.57. The van der Waals surface area contributed by atoms with Crippen LogP contribution < -0.4 is 0 Å². The summed E-state index contributed by atoms with van der Waals surface area (Å²) in [5, 5.41) is 0. The SMILES string of the molecule is O=C1c2ccc(cc2)-c2ccc(cc2)-c2ccc1cc2. The highest BCUT2D eigenvalue weighted by Crippen LogP contribution is 2.27. The van der Waals surface area contributed by atoms with Crippen LogP contribution in [0.5, 0.6) is 0 Å². The van der Waals surface area contributed by atoms with Gasteiger partial charge in [-0.2, -0.15) is 0 Å². The average molecular weight is 256 g/mol. The van der Waals surface area contributed by atoms with Crippen molar-refractivity contribution in [3.63, 3.8) is 0 Å². The molecule has 0 fully saturated rings. The van der Waals surface area contributed by atoms with Crippen LogP contribution in [0.2, 0.25) is 0 Å². The molecule has 0 spiro atoms. The molecule has 3 aromatic carbocycles. The highest BCUT2D eigenvalue weighted by atomic mass is 16.1. The van der Waals surface area contributed by atoms with Gasteiger partial charge in [0.2, 0.25) is 0 Å². The molecule has 0 N–H and O–H groups in total. The molecule has 0 saturated carbocycles. The molecule has 1 nitrogen and oxygen atoms in total. The highest BCUT2D eigenvalue weighted by molar-refractivity contribution is 6.09. The Bertz CT molecular complexity index is 710. The van der Waals surface area contributed by atoms with Crippen molar-refractivity contribution >= 4 is 5.78 Å². The van der Waals surface area contributed by atoms with Crippen LogP contribution in [0.25, 0.3) is 22.3 Å². The van der Waals surface area contributed by atoms with Crippen molar-refractivity contribution in [1.82, 2.24) is 0 Å². The number of carbonyl (C=O) groups excluding carboxylic acids is 1. The fraction of sp³-hybridized carbons (Fsp3) is 0. The summed E-state index contributed by atoms with van der Waals surface area (Å²) < 4.78 is 0. The maximum atomic E-state index is 12.4. The lowest BCUT2D eigenvalue weighted by Crippen LogP contribution is -2.00. The highest BCUT2D eigenvalue weighted by Gasteiger charge is 2.11. The van der Waals surface area contributed by atoms with Crippen LogP contribution in [0, 0.1) is 0 Å². The third kappa shape index (κ3) is 1.68. The first-order valence-electron chi connectivity index (χ1n) is 6.67. The molecule has 0 aromatic heterocycles. The molecule has 5 aliphatic rings. The minimum Gasteiger partial charge on any atom is -0.289 e. The van der Waals surface area contributed by atoms with E-state index in [-0.39, 0.29) is 5.78 Å². The second-order valence-corrected chi connectivity index (χ2v) is 5.06. The summed E-state index contributed by atoms with van der Waals surface area (Å²) in [5.41, 5.74) is 6.07. The van der Waals surface area contributed by atoms with Gasteiger partial charge in [-0.15, -0.1) is 0 Å². The molecule has 94 valence electrons. The average Bonchev–Trinajstić information content (AvgIpc) is 2.58. The van der Waals surface area contributed by atoms with Crippen molar-refractivity contribution in [3.8, 4) is 22.3 Å². The van der Waals surface area contributed by atoms with Crippen LogP contribution in [0.15, 0.2) is 72.8 Å². The summed E-state index contributed by atoms with van der Waals surface area (Å²) in [6.07, 6.45) is 0. The number of carbonyl (C=O) groups is 1. The Morgan fingerprint density at radius 3 is 0.800 bits per heavy atom. The maximum absolute atomic E-state index is 12.4. The van der Waals surface area contributed by atoms with Crippen molar-refractivity contribution in [2.24, 2.45) is 0 Å². The van der Waals surface area contributed by atoms with Crippen molar-refractivity contribution in [2.45, 2.75) is 0 Å². The Morgan fingerprint density at radius 1 is 0.350 bits per heavy atom. The predicted molar refractivity (Wildman–Crippen MR) is 80.7 cm³/mol. The maximum Gasteiger partial charge on any atom is 0.193 e. The van der Waals surface area contributed by atoms with Gasteiger partial charge in [-0.25, -0.2) is 0 Å². The molecule has 0 aliphatic heterocycles. The van der Waals surface area contributed by atoms with E-state index in [9.17, 15) is 4.79 Å². The van der Waals surface area contributed by atoms with Gasteiger partial charge in [0.25, 0.3) is 0 Å². The molecule has 6 bridgehead atoms. The molecule has 20 heavy (non-hydrogen) atoms. The standard InChI is InChI=1S/C19H12O/c20-19-17-9-5-15(6-10-17)13-1-2-14(4-3-13)16-7-11-18(19)12-8-16/h1-12H. The van der Waals surface area contributed by atoms with Crippen molar-refractivity contribution in [1.29, 1.82) is 0 Å². The summed E-state index contributed by atoms with van der Waals surface area (Å²) in [5.74, 6) is 0.0746. The van der Waals surface area contributed by atoms with Crippen molar-refractivity contribution < 1.29 is 4.79 Å². The minimum atomic E-state index is 0.0746. The monoisotopic (exact) mass is 256 g/mol. The van der Waals surface area contributed by atoms with Crippen LogP contribution in [-0.4, -0.2) is 5.78 Å². The fourth-order valence-electron chi connectivity index (χ4n) is 2.65. The number of fused-ring (bicyclic) bond motifs is 1. The van der Waals surface area contributed by atoms with E-state index >= 15 is 0 Å². The topological polar surface area (TPSA) is 17.1 Å². The molecule has 5 aliphatic carbocycles. The quantitative estimate of drug-likeness (QED) is 0.450. The van der Waals surface area contributed by atoms with Gasteiger partial charge in [0.15, 0.2) is 5.78 Å². The zero-order valence-corrected chi connectivity index (χ0v) is 10.8. The summed E-state index contributed by atoms with van der Waals surface area (Å²) in [4.78, 5) is 12.4. The van der Waals surface area contributed by atoms with E-state index in [1.165, 1.54) is 11.1 Å². The van der Waals surface area contributed by atoms with Crippen LogP contribution in [-0.2, 0) is 0 Å². The van der Waals surface area contributed by atoms with Gasteiger partial charge in [0.05, 0.1) is 0 Å². The van der Waals surface area contributed by atoms with E-state index in [2.05, 4.69) is 24.3 Å². The van der Waals surface area contributed by atoms with E-state index in [4.69, 9.17) is 0 Å². The number of ketones is 1. The summed E-state index contributed by atoms with van der Waals surface area (Å²) >= 11 is 0. The third-order valence-corrected chi connectivity index (χ3v) is 3.85. The number of hydrogen-bond acceptors (Lipinski definition) is 1. The smallest absolute Gasteiger partial charge is 0.193 e. The summed E-state index contributed by atoms with van der Waals surface area (Å²) in [6, 6.07) is 24.1. The number of benzene rings is 3. The summed E-state index contributed by atoms with van der Waals surface area (Å²) in [6.45, 7) is 0. The van der Waals surface area contributed by atoms with Crippen molar-refractivity contribution in [2.75, 3.05) is 0 Å². The van der Waals surface area contributed by atoms with Gasteiger partial charge >= 0.3 is 0 Å². The fourth-order valence-corrected chi connectivity index (χ4v) is 2.65. The molecule has 0 heterocycles. The van der Waals surface area contributed by atoms with Crippen LogP contribution in [0.1, 0.15) is 15.9 Å². The first kappa shape index (κ1) is 11.2. The largest absolute Gasteiger partial charge is 0.289 e. The zero-order chi connectivity index (χ0) is 13.5. The lowest BCUT2D eigenvalue weighted by Gasteiger charge is -2.04. The van der Waals surface area contributed by atoms with Crippen LogP contribution in [0.3, 0.4) is 0 Å². The van der Waals surface area contributed by atoms with Crippen LogP contribution in [0.4, 0.5) is 0 Å². The molecule has 0 atom stereocenters. The normalized spacial score (nSPS) is 12.1. The Hall–Kier alpha value is -2.67. The molecule has 0 unspecified atom stereocenters. The zero-order valence-electron chi connectivity index (χ0n) is 10.8. The lowest BCUT2D eigenvalue weighted by molar-refractivity contribution is 0.103. The van der Waals surface area contributed by atoms with E-state index in [1.807, 2.05) is 48.5 Å². The Kier molecular flexibility index (Phi) is 2.33. The van der Waals surface area contributed by atoms with Crippen molar-refractivity contribution in [3.05, 3.63) is 83.9 Å². The van der Waals surface area contributed by atoms with Gasteiger partial charge in [-0.3, -0.25) is 4.79 Å². The lowest BCUT2D eigenvalue weighted by atomic mass is 10.0. The second kappa shape index (κ2) is 4.17. The molecule has 0 radical (unpaired) electrons. The molecule has 0 saturated heterocycles. The Balaban J connectivity index is 2.05. The molecular weight excluding hydrogens is 244 g/mol. The first-order valence-corrected chi connectivity index (χ1v) is 6.67. The van der Waals surface area contributed by atoms with Gasteiger partial charge in [-0.1, -0.05) is 72.8 Å². The molecular formula is C19H12O. The molecule has 3 aromatic rings. The van der Waals surface area contributed by atoms with Gasteiger partial charge in [0, 0.05) is 11.1 Å². The van der Waals surface area contributed by atoms with Gasteiger partial charge in [0.1, 0.15) is 0 Å². The van der Waals surface area contributed by atoms with E-state index in [0.717, 1.165) is 22.3 Å². The van der Waals surface area contributed by atoms with Crippen LogP contribution >= 0.6 is 0 Å². The summed E-state index contributed by atoms with van der Waals surface area (Å²) in [7, 11) is 0. The molecule has 8 rings (SSSR count). The second-order valence-electron chi connectivity index (χ2n) is 5.06. The Labute approximate surface area is 117 Å². The molecule has 1 heteroatoms. The first-order chi connectivity index (χ1) is 9.81.